The van der Waals surface area contributed by atoms with Gasteiger partial charge in [0.2, 0.25) is 0 Å². The number of aromatic nitrogens is 1. The van der Waals surface area contributed by atoms with Crippen LogP contribution >= 0.6 is 11.8 Å². The number of nitrogens with one attached hydrogen (secondary N) is 1. The van der Waals surface area contributed by atoms with E-state index < -0.39 is 0 Å². The molecule has 6 heteroatoms. The molecule has 2 heterocycles. The number of aryl methyl sites for hydroxylation is 1. The first-order valence-electron chi connectivity index (χ1n) is 9.68. The maximum absolute atomic E-state index is 12.5. The molecule has 2 aromatic carbocycles. The van der Waals surface area contributed by atoms with E-state index in [2.05, 4.69) is 59.1 Å². The highest BCUT2D eigenvalue weighted by atomic mass is 32.2. The summed E-state index contributed by atoms with van der Waals surface area (Å²) in [6, 6.07) is 19.9. The Kier molecular flexibility index (Phi) is 5.77. The normalized spacial score (nSPS) is 16.3. The van der Waals surface area contributed by atoms with Crippen molar-refractivity contribution in [2.75, 3.05) is 7.11 Å². The summed E-state index contributed by atoms with van der Waals surface area (Å²) in [5.41, 5.74) is 5.37. The molecule has 0 atom stereocenters. The third-order valence-corrected chi connectivity index (χ3v) is 5.95. The molecule has 5 nitrogen and oxygen atoms in total. The lowest BCUT2D eigenvalue weighted by Crippen LogP contribution is -2.19. The van der Waals surface area contributed by atoms with E-state index in [0.29, 0.717) is 10.1 Å². The number of carbonyl (C=O) groups is 1. The van der Waals surface area contributed by atoms with Crippen LogP contribution in [0.3, 0.4) is 0 Å². The van der Waals surface area contributed by atoms with E-state index in [-0.39, 0.29) is 5.91 Å². The molecule has 1 saturated heterocycles. The molecule has 0 radical (unpaired) electrons. The van der Waals surface area contributed by atoms with Crippen molar-refractivity contribution in [3.63, 3.8) is 0 Å². The van der Waals surface area contributed by atoms with Gasteiger partial charge in [-0.3, -0.25) is 4.79 Å². The lowest BCUT2D eigenvalue weighted by molar-refractivity contribution is -0.115. The Labute approximate surface area is 180 Å². The lowest BCUT2D eigenvalue weighted by Gasteiger charge is -2.09. The van der Waals surface area contributed by atoms with Crippen LogP contribution < -0.4 is 10.1 Å². The number of nitrogens with zero attached hydrogens (tertiary/aromatic N) is 2. The van der Waals surface area contributed by atoms with Gasteiger partial charge in [0.05, 0.1) is 17.7 Å². The molecule has 1 amide bonds. The number of rotatable bonds is 5. The second kappa shape index (κ2) is 8.63. The van der Waals surface area contributed by atoms with E-state index in [4.69, 9.17) is 4.74 Å². The van der Waals surface area contributed by atoms with Crippen molar-refractivity contribution < 1.29 is 9.53 Å². The fraction of sp³-hybridized carbons (Fsp3) is 0.167. The number of amides is 1. The van der Waals surface area contributed by atoms with Crippen molar-refractivity contribution in [1.29, 1.82) is 0 Å². The highest BCUT2D eigenvalue weighted by Gasteiger charge is 2.24. The van der Waals surface area contributed by atoms with Crippen LogP contribution in [0.4, 0.5) is 5.69 Å². The van der Waals surface area contributed by atoms with Crippen molar-refractivity contribution in [3.8, 4) is 5.75 Å². The van der Waals surface area contributed by atoms with E-state index in [0.717, 1.165) is 29.2 Å². The molecular formula is C24H23N3O2S. The third kappa shape index (κ3) is 4.33. The molecule has 1 aliphatic heterocycles. The number of thioether (sulfide) groups is 1. The molecule has 1 fully saturated rings. The minimum absolute atomic E-state index is 0.125. The zero-order valence-electron chi connectivity index (χ0n) is 17.2. The molecule has 0 aliphatic carbocycles. The van der Waals surface area contributed by atoms with Crippen molar-refractivity contribution >= 4 is 34.6 Å². The number of carbonyl (C=O) groups excluding carboxylic acids is 1. The first-order valence-corrected chi connectivity index (χ1v) is 10.5. The first-order chi connectivity index (χ1) is 14.5. The Morgan fingerprint density at radius 3 is 2.53 bits per heavy atom. The maximum atomic E-state index is 12.5. The summed E-state index contributed by atoms with van der Waals surface area (Å²) in [4.78, 5) is 17.6. The highest BCUT2D eigenvalue weighted by Crippen LogP contribution is 2.30. The number of ether oxygens (including phenoxy) is 1. The molecule has 0 bridgehead atoms. The Balaban J connectivity index is 1.55. The Hall–Kier alpha value is -3.25. The predicted molar refractivity (Wildman–Crippen MR) is 123 cm³/mol. The number of hydrogen-bond donors (Lipinski definition) is 1. The summed E-state index contributed by atoms with van der Waals surface area (Å²) in [5, 5.41) is 3.43. The average molecular weight is 418 g/mol. The van der Waals surface area contributed by atoms with Gasteiger partial charge in [-0.25, -0.2) is 4.99 Å². The third-order valence-electron chi connectivity index (χ3n) is 5.04. The quantitative estimate of drug-likeness (QED) is 0.591. The van der Waals surface area contributed by atoms with Gasteiger partial charge in [0, 0.05) is 17.9 Å². The highest BCUT2D eigenvalue weighted by molar-refractivity contribution is 8.18. The molecule has 0 unspecified atom stereocenters. The summed E-state index contributed by atoms with van der Waals surface area (Å²) in [6.07, 6.45) is 1.94. The van der Waals surface area contributed by atoms with Gasteiger partial charge in [-0.1, -0.05) is 30.3 Å². The van der Waals surface area contributed by atoms with E-state index in [9.17, 15) is 4.79 Å². The Morgan fingerprint density at radius 2 is 1.83 bits per heavy atom. The Morgan fingerprint density at radius 1 is 1.10 bits per heavy atom. The minimum Gasteiger partial charge on any atom is -0.497 e. The molecule has 1 N–H and O–H groups in total. The second-order valence-corrected chi connectivity index (χ2v) is 8.11. The average Bonchev–Trinajstić information content (AvgIpc) is 3.23. The lowest BCUT2D eigenvalue weighted by atomic mass is 10.2. The molecule has 0 spiro atoms. The van der Waals surface area contributed by atoms with Crippen molar-refractivity contribution in [3.05, 3.63) is 88.1 Å². The van der Waals surface area contributed by atoms with Gasteiger partial charge in [0.15, 0.2) is 5.17 Å². The van der Waals surface area contributed by atoms with Crippen molar-refractivity contribution in [1.82, 2.24) is 9.88 Å². The van der Waals surface area contributed by atoms with Gasteiger partial charge < -0.3 is 14.6 Å². The number of aliphatic imine (C=N–C) groups is 1. The monoisotopic (exact) mass is 417 g/mol. The molecule has 3 aromatic rings. The van der Waals surface area contributed by atoms with Crippen LogP contribution in [0.1, 0.15) is 22.5 Å². The number of methoxy groups -OCH3 is 1. The van der Waals surface area contributed by atoms with Crippen LogP contribution in [0.15, 0.2) is 70.6 Å². The van der Waals surface area contributed by atoms with E-state index in [1.165, 1.54) is 23.0 Å². The number of amidine groups is 1. The molecule has 0 saturated carbocycles. The molecule has 1 aromatic heterocycles. The zero-order chi connectivity index (χ0) is 21.1. The Bertz CT molecular complexity index is 1130. The maximum Gasteiger partial charge on any atom is 0.264 e. The summed E-state index contributed by atoms with van der Waals surface area (Å²) in [5.74, 6) is 0.647. The van der Waals surface area contributed by atoms with Crippen LogP contribution in [0.2, 0.25) is 0 Å². The standard InChI is InChI=1S/C24H23N3O2S/c1-16-13-19(17(2)27(16)15-18-7-5-4-6-8-18)14-22-23(28)26-24(30-22)25-20-9-11-21(29-3)12-10-20/h4-14H,15H2,1-3H3,(H,25,26,28)/b22-14+. The minimum atomic E-state index is -0.125. The molecule has 4 rings (SSSR count). The zero-order valence-corrected chi connectivity index (χ0v) is 18.0. The van der Waals surface area contributed by atoms with E-state index in [1.54, 1.807) is 7.11 Å². The van der Waals surface area contributed by atoms with Crippen LogP contribution in [0.5, 0.6) is 5.75 Å². The van der Waals surface area contributed by atoms with Crippen LogP contribution in [0.25, 0.3) is 6.08 Å². The number of benzene rings is 2. The molecule has 1 aliphatic rings. The molecule has 152 valence electrons. The predicted octanol–water partition coefficient (Wildman–Crippen LogP) is 5.05. The van der Waals surface area contributed by atoms with Gasteiger partial charge in [-0.05, 0) is 73.1 Å². The fourth-order valence-corrected chi connectivity index (χ4v) is 4.21. The van der Waals surface area contributed by atoms with Crippen molar-refractivity contribution in [2.45, 2.75) is 20.4 Å². The van der Waals surface area contributed by atoms with Gasteiger partial charge in [-0.2, -0.15) is 0 Å². The summed E-state index contributed by atoms with van der Waals surface area (Å²) in [6.45, 7) is 4.99. The van der Waals surface area contributed by atoms with E-state index in [1.807, 2.05) is 36.4 Å². The fourth-order valence-electron chi connectivity index (χ4n) is 3.38. The van der Waals surface area contributed by atoms with Gasteiger partial charge in [0.1, 0.15) is 5.75 Å². The topological polar surface area (TPSA) is 55.6 Å². The van der Waals surface area contributed by atoms with Gasteiger partial charge in [0.25, 0.3) is 5.91 Å². The van der Waals surface area contributed by atoms with Crippen LogP contribution in [0, 0.1) is 13.8 Å². The summed E-state index contributed by atoms with van der Waals surface area (Å²) < 4.78 is 7.43. The number of hydrogen-bond acceptors (Lipinski definition) is 4. The van der Waals surface area contributed by atoms with Gasteiger partial charge in [-0.15, -0.1) is 0 Å². The van der Waals surface area contributed by atoms with Crippen LogP contribution in [-0.2, 0) is 11.3 Å². The van der Waals surface area contributed by atoms with Crippen molar-refractivity contribution in [2.24, 2.45) is 4.99 Å². The SMILES string of the molecule is COc1ccc(N=C2NC(=O)/C(=C\c3cc(C)n(Cc4ccccc4)c3C)S2)cc1. The summed E-state index contributed by atoms with van der Waals surface area (Å²) in [7, 11) is 1.63. The van der Waals surface area contributed by atoms with Gasteiger partial charge >= 0.3 is 0 Å². The smallest absolute Gasteiger partial charge is 0.264 e. The largest absolute Gasteiger partial charge is 0.497 e. The summed E-state index contributed by atoms with van der Waals surface area (Å²) >= 11 is 1.36. The first kappa shape index (κ1) is 20.0. The second-order valence-electron chi connectivity index (χ2n) is 7.08. The molecule has 30 heavy (non-hydrogen) atoms. The van der Waals surface area contributed by atoms with E-state index >= 15 is 0 Å². The van der Waals surface area contributed by atoms with Crippen LogP contribution in [-0.4, -0.2) is 22.8 Å². The molecular weight excluding hydrogens is 394 g/mol.